The van der Waals surface area contributed by atoms with E-state index in [1.165, 1.54) is 11.4 Å². The second-order valence-corrected chi connectivity index (χ2v) is 7.15. The third-order valence-corrected chi connectivity index (χ3v) is 5.30. The van der Waals surface area contributed by atoms with Crippen LogP contribution >= 0.6 is 15.9 Å². The van der Waals surface area contributed by atoms with Crippen molar-refractivity contribution in [1.29, 1.82) is 0 Å². The summed E-state index contributed by atoms with van der Waals surface area (Å²) in [6.07, 6.45) is 0.559. The third kappa shape index (κ3) is 3.78. The molecule has 1 aromatic rings. The molecule has 0 aromatic heterocycles. The van der Waals surface area contributed by atoms with Crippen LogP contribution in [0.25, 0.3) is 0 Å². The van der Waals surface area contributed by atoms with Gasteiger partial charge in [0.05, 0.1) is 18.4 Å². The fraction of sp³-hybridized carbons (Fsp3) is 0.500. The molecule has 0 saturated heterocycles. The fourth-order valence-electron chi connectivity index (χ4n) is 1.74. The highest BCUT2D eigenvalue weighted by Gasteiger charge is 2.26. The molecule has 18 heavy (non-hydrogen) atoms. The van der Waals surface area contributed by atoms with Crippen molar-refractivity contribution in [3.05, 3.63) is 34.3 Å². The minimum Gasteiger partial charge on any atom is -0.394 e. The topological polar surface area (TPSA) is 57.6 Å². The molecule has 0 aliphatic carbocycles. The molecule has 0 bridgehead atoms. The highest BCUT2D eigenvalue weighted by atomic mass is 79.9. The fourth-order valence-corrected chi connectivity index (χ4v) is 3.54. The molecule has 0 fully saturated rings. The van der Waals surface area contributed by atoms with E-state index in [0.717, 1.165) is 10.0 Å². The predicted molar refractivity (Wildman–Crippen MR) is 75.8 cm³/mol. The van der Waals surface area contributed by atoms with E-state index in [4.69, 9.17) is 0 Å². The first-order valence-electron chi connectivity index (χ1n) is 5.74. The van der Waals surface area contributed by atoms with E-state index < -0.39 is 16.1 Å². The van der Waals surface area contributed by atoms with Gasteiger partial charge in [-0.25, -0.2) is 8.42 Å². The van der Waals surface area contributed by atoms with Gasteiger partial charge in [0.2, 0.25) is 10.0 Å². The number of aliphatic hydroxyl groups is 1. The predicted octanol–water partition coefficient (Wildman–Crippen LogP) is 2.15. The van der Waals surface area contributed by atoms with E-state index in [0.29, 0.717) is 6.42 Å². The number of hydrogen-bond acceptors (Lipinski definition) is 3. The summed E-state index contributed by atoms with van der Waals surface area (Å²) < 4.78 is 26.1. The van der Waals surface area contributed by atoms with Gasteiger partial charge in [0, 0.05) is 11.5 Å². The molecule has 1 aromatic carbocycles. The van der Waals surface area contributed by atoms with Crippen LogP contribution in [0, 0.1) is 0 Å². The third-order valence-electron chi connectivity index (χ3n) is 2.75. The van der Waals surface area contributed by atoms with Crippen molar-refractivity contribution in [3.63, 3.8) is 0 Å². The number of halogens is 1. The molecule has 0 saturated carbocycles. The van der Waals surface area contributed by atoms with Crippen LogP contribution in [-0.2, 0) is 10.0 Å². The highest BCUT2D eigenvalue weighted by Crippen LogP contribution is 2.24. The quantitative estimate of drug-likeness (QED) is 0.866. The molecule has 0 amide bonds. The van der Waals surface area contributed by atoms with Crippen LogP contribution in [0.2, 0.25) is 0 Å². The Balaban J connectivity index is 3.04. The van der Waals surface area contributed by atoms with Crippen LogP contribution in [-0.4, -0.2) is 37.2 Å². The Morgan fingerprint density at radius 1 is 1.44 bits per heavy atom. The van der Waals surface area contributed by atoms with Crippen LogP contribution in [0.5, 0.6) is 0 Å². The maximum absolute atomic E-state index is 12.0. The number of likely N-dealkylation sites (N-methyl/N-ethyl adjacent to an activating group) is 1. The average molecular weight is 336 g/mol. The summed E-state index contributed by atoms with van der Waals surface area (Å²) in [4.78, 5) is 0. The lowest BCUT2D eigenvalue weighted by molar-refractivity contribution is 0.204. The number of nitrogens with zero attached hydrogens (tertiary/aromatic N) is 1. The van der Waals surface area contributed by atoms with Gasteiger partial charge in [-0.2, -0.15) is 4.31 Å². The molecule has 1 unspecified atom stereocenters. The molecule has 0 heterocycles. The van der Waals surface area contributed by atoms with Crippen LogP contribution in [0.15, 0.2) is 28.7 Å². The first-order valence-corrected chi connectivity index (χ1v) is 8.14. The summed E-state index contributed by atoms with van der Waals surface area (Å²) in [5.41, 5.74) is 0.772. The van der Waals surface area contributed by atoms with Crippen molar-refractivity contribution in [1.82, 2.24) is 4.31 Å². The molecule has 1 atom stereocenters. The molecule has 1 rings (SSSR count). The molecular weight excluding hydrogens is 318 g/mol. The Morgan fingerprint density at radius 2 is 2.11 bits per heavy atom. The Labute approximate surface area is 117 Å². The summed E-state index contributed by atoms with van der Waals surface area (Å²) in [6, 6.07) is 6.77. The van der Waals surface area contributed by atoms with Crippen LogP contribution in [0.4, 0.5) is 0 Å². The lowest BCUT2D eigenvalue weighted by Crippen LogP contribution is -2.34. The first-order chi connectivity index (χ1) is 8.42. The van der Waals surface area contributed by atoms with E-state index in [9.17, 15) is 13.5 Å². The lowest BCUT2D eigenvalue weighted by Gasteiger charge is -2.26. The highest BCUT2D eigenvalue weighted by molar-refractivity contribution is 9.10. The molecule has 6 heteroatoms. The number of aliphatic hydroxyl groups excluding tert-OH is 1. The largest absolute Gasteiger partial charge is 0.394 e. The van der Waals surface area contributed by atoms with Gasteiger partial charge < -0.3 is 5.11 Å². The van der Waals surface area contributed by atoms with Crippen molar-refractivity contribution in [2.45, 2.75) is 19.4 Å². The van der Waals surface area contributed by atoms with Gasteiger partial charge in [-0.15, -0.1) is 0 Å². The number of sulfonamides is 1. The summed E-state index contributed by atoms with van der Waals surface area (Å²) >= 11 is 3.34. The normalized spacial score (nSPS) is 13.8. The number of hydrogen-bond donors (Lipinski definition) is 1. The van der Waals surface area contributed by atoms with Crippen molar-refractivity contribution >= 4 is 26.0 Å². The van der Waals surface area contributed by atoms with Gasteiger partial charge in [-0.1, -0.05) is 35.0 Å². The average Bonchev–Trinajstić information content (AvgIpc) is 2.30. The molecular formula is C12H18BrNO3S. The van der Waals surface area contributed by atoms with E-state index in [1.807, 2.05) is 31.2 Å². The molecule has 0 spiro atoms. The van der Waals surface area contributed by atoms with E-state index >= 15 is 0 Å². The molecule has 4 nitrogen and oxygen atoms in total. The zero-order valence-electron chi connectivity index (χ0n) is 10.5. The molecule has 0 radical (unpaired) electrons. The number of benzene rings is 1. The van der Waals surface area contributed by atoms with Gasteiger partial charge in [-0.05, 0) is 24.1 Å². The van der Waals surface area contributed by atoms with E-state index in [2.05, 4.69) is 15.9 Å². The molecule has 0 aliphatic heterocycles. The SMILES string of the molecule is CCCS(=O)(=O)N(C)C(CO)c1cccc(Br)c1. The van der Waals surface area contributed by atoms with E-state index in [-0.39, 0.29) is 12.4 Å². The van der Waals surface area contributed by atoms with Crippen LogP contribution < -0.4 is 0 Å². The second kappa shape index (κ2) is 6.65. The standard InChI is InChI=1S/C12H18BrNO3S/c1-3-7-18(16,17)14(2)12(9-15)10-5-4-6-11(13)8-10/h4-6,8,12,15H,3,7,9H2,1-2H3. The van der Waals surface area contributed by atoms with Crippen molar-refractivity contribution < 1.29 is 13.5 Å². The zero-order valence-corrected chi connectivity index (χ0v) is 12.9. The van der Waals surface area contributed by atoms with Gasteiger partial charge in [0.1, 0.15) is 0 Å². The Bertz CT molecular complexity index is 490. The first kappa shape index (κ1) is 15.6. The van der Waals surface area contributed by atoms with Crippen molar-refractivity contribution in [2.24, 2.45) is 0 Å². The Morgan fingerprint density at radius 3 is 2.61 bits per heavy atom. The van der Waals surface area contributed by atoms with Crippen molar-refractivity contribution in [2.75, 3.05) is 19.4 Å². The smallest absolute Gasteiger partial charge is 0.214 e. The molecule has 102 valence electrons. The minimum atomic E-state index is -3.32. The molecule has 0 aliphatic rings. The van der Waals surface area contributed by atoms with Gasteiger partial charge in [-0.3, -0.25) is 0 Å². The summed E-state index contributed by atoms with van der Waals surface area (Å²) in [6.45, 7) is 1.58. The van der Waals surface area contributed by atoms with Crippen LogP contribution in [0.1, 0.15) is 24.9 Å². The van der Waals surface area contributed by atoms with Crippen LogP contribution in [0.3, 0.4) is 0 Å². The summed E-state index contributed by atoms with van der Waals surface area (Å²) in [5, 5.41) is 9.45. The molecule has 1 N–H and O–H groups in total. The Kier molecular flexibility index (Phi) is 5.78. The Hall–Kier alpha value is -0.430. The van der Waals surface area contributed by atoms with Gasteiger partial charge in [0.25, 0.3) is 0 Å². The summed E-state index contributed by atoms with van der Waals surface area (Å²) in [5.74, 6) is 0.0913. The summed E-state index contributed by atoms with van der Waals surface area (Å²) in [7, 11) is -1.82. The minimum absolute atomic E-state index is 0.0913. The second-order valence-electron chi connectivity index (χ2n) is 4.09. The van der Waals surface area contributed by atoms with E-state index in [1.54, 1.807) is 0 Å². The van der Waals surface area contributed by atoms with Crippen molar-refractivity contribution in [3.8, 4) is 0 Å². The van der Waals surface area contributed by atoms with Gasteiger partial charge >= 0.3 is 0 Å². The monoisotopic (exact) mass is 335 g/mol. The zero-order chi connectivity index (χ0) is 13.8. The number of rotatable bonds is 6. The lowest BCUT2D eigenvalue weighted by atomic mass is 10.1. The maximum atomic E-state index is 12.0. The maximum Gasteiger partial charge on any atom is 0.214 e. The van der Waals surface area contributed by atoms with Gasteiger partial charge in [0.15, 0.2) is 0 Å².